The Morgan fingerprint density at radius 3 is 2.73 bits per heavy atom. The zero-order valence-electron chi connectivity index (χ0n) is 13.2. The maximum absolute atomic E-state index is 12.5. The van der Waals surface area contributed by atoms with E-state index in [2.05, 4.69) is 34.5 Å². The normalized spacial score (nSPS) is 29.1. The van der Waals surface area contributed by atoms with Crippen LogP contribution in [0.25, 0.3) is 0 Å². The van der Waals surface area contributed by atoms with Crippen molar-refractivity contribution in [2.24, 2.45) is 11.7 Å². The summed E-state index contributed by atoms with van der Waals surface area (Å²) in [5, 5.41) is 3.27. The minimum Gasteiger partial charge on any atom is -0.369 e. The molecule has 4 heteroatoms. The van der Waals surface area contributed by atoms with Gasteiger partial charge in [0.2, 0.25) is 5.91 Å². The van der Waals surface area contributed by atoms with Gasteiger partial charge in [0.1, 0.15) is 0 Å². The van der Waals surface area contributed by atoms with E-state index in [9.17, 15) is 4.79 Å². The molecule has 3 rings (SSSR count). The van der Waals surface area contributed by atoms with Gasteiger partial charge >= 0.3 is 0 Å². The van der Waals surface area contributed by atoms with Gasteiger partial charge in [0, 0.05) is 36.8 Å². The third-order valence-electron chi connectivity index (χ3n) is 4.97. The lowest BCUT2D eigenvalue weighted by Crippen LogP contribution is -2.50. The van der Waals surface area contributed by atoms with E-state index >= 15 is 0 Å². The first kappa shape index (κ1) is 15.3. The summed E-state index contributed by atoms with van der Waals surface area (Å²) in [6.45, 7) is 1.99. The van der Waals surface area contributed by atoms with Crippen molar-refractivity contribution in [3.05, 3.63) is 30.3 Å². The molecule has 3 N–H and O–H groups in total. The van der Waals surface area contributed by atoms with E-state index in [0.717, 1.165) is 51.6 Å². The number of hydrogen-bond acceptors (Lipinski definition) is 3. The molecule has 1 heterocycles. The maximum Gasteiger partial charge on any atom is 0.223 e. The van der Waals surface area contributed by atoms with E-state index < -0.39 is 0 Å². The Morgan fingerprint density at radius 1 is 1.14 bits per heavy atom. The first-order valence-electron chi connectivity index (χ1n) is 8.58. The van der Waals surface area contributed by atoms with Crippen LogP contribution in [0, 0.1) is 5.92 Å². The molecule has 0 aromatic heterocycles. The fourth-order valence-corrected chi connectivity index (χ4v) is 3.75. The number of hydrogen-bond donors (Lipinski definition) is 2. The average Bonchev–Trinajstić information content (AvgIpc) is 2.56. The Balaban J connectivity index is 1.55. The number of piperidine rings is 1. The summed E-state index contributed by atoms with van der Waals surface area (Å²) in [4.78, 5) is 14.8. The Kier molecular flexibility index (Phi) is 4.98. The summed E-state index contributed by atoms with van der Waals surface area (Å²) in [6.07, 6.45) is 6.20. The van der Waals surface area contributed by atoms with E-state index in [-0.39, 0.29) is 23.9 Å². The average molecular weight is 301 g/mol. The summed E-state index contributed by atoms with van der Waals surface area (Å²) in [7, 11) is 0. The lowest BCUT2D eigenvalue weighted by molar-refractivity contribution is -0.126. The van der Waals surface area contributed by atoms with Crippen LogP contribution < -0.4 is 16.0 Å². The zero-order chi connectivity index (χ0) is 15.4. The number of nitrogens with zero attached hydrogens (tertiary/aromatic N) is 1. The highest BCUT2D eigenvalue weighted by atomic mass is 16.1. The molecule has 2 aliphatic rings. The van der Waals surface area contributed by atoms with Crippen molar-refractivity contribution in [3.63, 3.8) is 0 Å². The Morgan fingerprint density at radius 2 is 1.95 bits per heavy atom. The van der Waals surface area contributed by atoms with Crippen LogP contribution >= 0.6 is 0 Å². The number of anilines is 1. The highest BCUT2D eigenvalue weighted by Crippen LogP contribution is 2.24. The molecule has 1 aromatic carbocycles. The Bertz CT molecular complexity index is 490. The van der Waals surface area contributed by atoms with E-state index in [0.29, 0.717) is 0 Å². The number of para-hydroxylation sites is 1. The first-order chi connectivity index (χ1) is 10.7. The van der Waals surface area contributed by atoms with Gasteiger partial charge in [-0.05, 0) is 44.2 Å². The van der Waals surface area contributed by atoms with Crippen molar-refractivity contribution in [2.45, 2.75) is 50.6 Å². The molecule has 1 aliphatic heterocycles. The predicted octanol–water partition coefficient (Wildman–Crippen LogP) is 2.29. The third-order valence-corrected chi connectivity index (χ3v) is 4.97. The van der Waals surface area contributed by atoms with E-state index in [1.54, 1.807) is 0 Å². The largest absolute Gasteiger partial charge is 0.369 e. The number of rotatable bonds is 3. The van der Waals surface area contributed by atoms with Crippen molar-refractivity contribution in [2.75, 3.05) is 18.0 Å². The van der Waals surface area contributed by atoms with Gasteiger partial charge in [0.25, 0.3) is 0 Å². The van der Waals surface area contributed by atoms with Gasteiger partial charge in [0.05, 0.1) is 0 Å². The second-order valence-electron chi connectivity index (χ2n) is 6.75. The molecule has 1 saturated heterocycles. The van der Waals surface area contributed by atoms with Gasteiger partial charge in [0.15, 0.2) is 0 Å². The summed E-state index contributed by atoms with van der Waals surface area (Å²) in [5.74, 6) is 0.339. The van der Waals surface area contributed by atoms with Crippen LogP contribution in [0.1, 0.15) is 38.5 Å². The Hall–Kier alpha value is -1.55. The lowest BCUT2D eigenvalue weighted by Gasteiger charge is -2.36. The molecular weight excluding hydrogens is 274 g/mol. The summed E-state index contributed by atoms with van der Waals surface area (Å²) in [6, 6.07) is 10.9. The lowest BCUT2D eigenvalue weighted by atomic mass is 9.85. The first-order valence-corrected chi connectivity index (χ1v) is 8.58. The summed E-state index contributed by atoms with van der Waals surface area (Å²) < 4.78 is 0. The van der Waals surface area contributed by atoms with Gasteiger partial charge in [-0.15, -0.1) is 0 Å². The Labute approximate surface area is 133 Å². The van der Waals surface area contributed by atoms with Crippen molar-refractivity contribution >= 4 is 11.6 Å². The topological polar surface area (TPSA) is 58.4 Å². The molecule has 1 amide bonds. The fourth-order valence-electron chi connectivity index (χ4n) is 3.75. The molecule has 22 heavy (non-hydrogen) atoms. The number of nitrogens with one attached hydrogen (secondary N) is 1. The van der Waals surface area contributed by atoms with Gasteiger partial charge < -0.3 is 16.0 Å². The van der Waals surface area contributed by atoms with E-state index in [1.807, 2.05) is 6.07 Å². The minimum atomic E-state index is 0.121. The van der Waals surface area contributed by atoms with E-state index in [4.69, 9.17) is 5.73 Å². The molecule has 1 aliphatic carbocycles. The molecule has 4 nitrogen and oxygen atoms in total. The molecule has 120 valence electrons. The smallest absolute Gasteiger partial charge is 0.223 e. The monoisotopic (exact) mass is 301 g/mol. The highest BCUT2D eigenvalue weighted by molar-refractivity contribution is 5.79. The van der Waals surface area contributed by atoms with Crippen LogP contribution in [0.5, 0.6) is 0 Å². The molecule has 1 saturated carbocycles. The van der Waals surface area contributed by atoms with Crippen LogP contribution in [-0.4, -0.2) is 31.1 Å². The molecule has 2 fully saturated rings. The van der Waals surface area contributed by atoms with Crippen LogP contribution in [0.2, 0.25) is 0 Å². The van der Waals surface area contributed by atoms with Crippen molar-refractivity contribution < 1.29 is 4.79 Å². The number of nitrogens with two attached hydrogens (primary N) is 1. The third kappa shape index (κ3) is 3.80. The number of amides is 1. The van der Waals surface area contributed by atoms with Gasteiger partial charge in [-0.2, -0.15) is 0 Å². The minimum absolute atomic E-state index is 0.121. The number of carbonyl (C=O) groups is 1. The molecule has 3 unspecified atom stereocenters. The molecule has 3 atom stereocenters. The van der Waals surface area contributed by atoms with Crippen LogP contribution in [0.15, 0.2) is 30.3 Å². The zero-order valence-corrected chi connectivity index (χ0v) is 13.2. The molecule has 1 aromatic rings. The standard InChI is InChI=1S/C18H27N3O/c19-15-7-4-6-14(12-15)18(22)20-16-8-5-11-21(13-16)17-9-2-1-3-10-17/h1-3,9-10,14-16H,4-8,11-13,19H2,(H,20,22). The molecule has 0 spiro atoms. The van der Waals surface area contributed by atoms with E-state index in [1.165, 1.54) is 5.69 Å². The number of carbonyl (C=O) groups excluding carboxylic acids is 1. The summed E-state index contributed by atoms with van der Waals surface area (Å²) in [5.41, 5.74) is 7.26. The maximum atomic E-state index is 12.5. The fraction of sp³-hybridized carbons (Fsp3) is 0.611. The van der Waals surface area contributed by atoms with Gasteiger partial charge in [-0.25, -0.2) is 0 Å². The molecule has 0 bridgehead atoms. The molecular formula is C18H27N3O. The molecule has 0 radical (unpaired) electrons. The second kappa shape index (κ2) is 7.14. The van der Waals surface area contributed by atoms with Crippen LogP contribution in [-0.2, 0) is 4.79 Å². The van der Waals surface area contributed by atoms with Gasteiger partial charge in [-0.1, -0.05) is 24.6 Å². The number of benzene rings is 1. The SMILES string of the molecule is NC1CCCC(C(=O)NC2CCCN(c3ccccc3)C2)C1. The van der Waals surface area contributed by atoms with Crippen molar-refractivity contribution in [3.8, 4) is 0 Å². The van der Waals surface area contributed by atoms with Gasteiger partial charge in [-0.3, -0.25) is 4.79 Å². The van der Waals surface area contributed by atoms with Crippen molar-refractivity contribution in [1.82, 2.24) is 5.32 Å². The van der Waals surface area contributed by atoms with Crippen LogP contribution in [0.3, 0.4) is 0 Å². The second-order valence-corrected chi connectivity index (χ2v) is 6.75. The quantitative estimate of drug-likeness (QED) is 0.900. The highest BCUT2D eigenvalue weighted by Gasteiger charge is 2.28. The summed E-state index contributed by atoms with van der Waals surface area (Å²) >= 11 is 0. The predicted molar refractivity (Wildman–Crippen MR) is 89.8 cm³/mol. The van der Waals surface area contributed by atoms with Crippen molar-refractivity contribution in [1.29, 1.82) is 0 Å². The van der Waals surface area contributed by atoms with Crippen LogP contribution in [0.4, 0.5) is 5.69 Å².